The maximum Gasteiger partial charge on any atom is 0.119 e. The van der Waals surface area contributed by atoms with Crippen LogP contribution >= 0.6 is 0 Å². The summed E-state index contributed by atoms with van der Waals surface area (Å²) in [6.45, 7) is 2.05. The third kappa shape index (κ3) is 1.83. The van der Waals surface area contributed by atoms with Gasteiger partial charge in [-0.25, -0.2) is 0 Å². The fourth-order valence-electron chi connectivity index (χ4n) is 2.36. The molecule has 3 rings (SSSR count). The molecule has 1 N–H and O–H groups in total. The molecule has 0 spiro atoms. The smallest absolute Gasteiger partial charge is 0.119 e. The van der Waals surface area contributed by atoms with Gasteiger partial charge in [0.25, 0.3) is 0 Å². The largest absolute Gasteiger partial charge is 0.497 e. The highest BCUT2D eigenvalue weighted by Gasteiger charge is 2.13. The number of ether oxygens (including phenoxy) is 1. The van der Waals surface area contributed by atoms with E-state index in [9.17, 15) is 0 Å². The summed E-state index contributed by atoms with van der Waals surface area (Å²) in [5.74, 6) is 0.899. The number of hydrogen-bond acceptors (Lipinski definition) is 2. The maximum absolute atomic E-state index is 5.18. The third-order valence-corrected chi connectivity index (χ3v) is 3.29. The molecule has 0 fully saturated rings. The number of nitrogens with zero attached hydrogens (tertiary/aromatic N) is 1. The molecule has 0 unspecified atom stereocenters. The molecule has 2 aromatic rings. The molecule has 0 radical (unpaired) electrons. The molecule has 17 heavy (non-hydrogen) atoms. The first-order valence-corrected chi connectivity index (χ1v) is 5.93. The van der Waals surface area contributed by atoms with Crippen LogP contribution in [0.25, 0.3) is 5.69 Å². The minimum Gasteiger partial charge on any atom is -0.497 e. The van der Waals surface area contributed by atoms with Crippen LogP contribution in [-0.2, 0) is 13.0 Å². The molecule has 1 aliphatic heterocycles. The van der Waals surface area contributed by atoms with Crippen molar-refractivity contribution >= 4 is 0 Å². The van der Waals surface area contributed by atoms with Crippen molar-refractivity contribution in [2.45, 2.75) is 13.0 Å². The van der Waals surface area contributed by atoms with Crippen LogP contribution in [0.1, 0.15) is 11.3 Å². The van der Waals surface area contributed by atoms with Gasteiger partial charge in [0.15, 0.2) is 0 Å². The second kappa shape index (κ2) is 4.26. The Bertz CT molecular complexity index is 514. The van der Waals surface area contributed by atoms with Gasteiger partial charge in [-0.1, -0.05) is 0 Å². The van der Waals surface area contributed by atoms with Crippen LogP contribution in [0.4, 0.5) is 0 Å². The van der Waals surface area contributed by atoms with Crippen molar-refractivity contribution in [1.82, 2.24) is 9.88 Å². The van der Waals surface area contributed by atoms with E-state index in [-0.39, 0.29) is 0 Å². The normalized spacial score (nSPS) is 14.4. The van der Waals surface area contributed by atoms with Gasteiger partial charge in [-0.15, -0.1) is 0 Å². The fourth-order valence-corrected chi connectivity index (χ4v) is 2.36. The van der Waals surface area contributed by atoms with Gasteiger partial charge in [0.05, 0.1) is 7.11 Å². The van der Waals surface area contributed by atoms with E-state index >= 15 is 0 Å². The second-order valence-electron chi connectivity index (χ2n) is 4.28. The highest BCUT2D eigenvalue weighted by Crippen LogP contribution is 2.21. The Kier molecular flexibility index (Phi) is 2.61. The lowest BCUT2D eigenvalue weighted by atomic mass is 10.1. The minimum atomic E-state index is 0.899. The van der Waals surface area contributed by atoms with E-state index in [4.69, 9.17) is 4.74 Å². The lowest BCUT2D eigenvalue weighted by Crippen LogP contribution is -2.24. The molecule has 0 aliphatic carbocycles. The summed E-state index contributed by atoms with van der Waals surface area (Å²) in [5, 5.41) is 3.39. The minimum absolute atomic E-state index is 0.899. The highest BCUT2D eigenvalue weighted by molar-refractivity contribution is 5.42. The summed E-state index contributed by atoms with van der Waals surface area (Å²) < 4.78 is 7.45. The average Bonchev–Trinajstić information content (AvgIpc) is 2.83. The van der Waals surface area contributed by atoms with E-state index < -0.39 is 0 Å². The van der Waals surface area contributed by atoms with Gasteiger partial charge >= 0.3 is 0 Å². The van der Waals surface area contributed by atoms with Crippen LogP contribution in [0, 0.1) is 0 Å². The second-order valence-corrected chi connectivity index (χ2v) is 4.28. The predicted octanol–water partition coefficient (Wildman–Crippen LogP) is 2.13. The number of aromatic nitrogens is 1. The number of methoxy groups -OCH3 is 1. The van der Waals surface area contributed by atoms with Gasteiger partial charge in [-0.3, -0.25) is 0 Å². The predicted molar refractivity (Wildman–Crippen MR) is 67.7 cm³/mol. The summed E-state index contributed by atoms with van der Waals surface area (Å²) >= 11 is 0. The number of hydrogen-bond donors (Lipinski definition) is 1. The standard InChI is InChI=1S/C14H16N2O/c1-17-13-4-2-12(3-5-13)16-9-7-11-10-15-8-6-14(11)16/h2-5,7,9,15H,6,8,10H2,1H3. The number of benzene rings is 1. The molecule has 1 aromatic carbocycles. The molecule has 3 heteroatoms. The molecular formula is C14H16N2O. The number of rotatable bonds is 2. The van der Waals surface area contributed by atoms with Crippen molar-refractivity contribution in [2.24, 2.45) is 0 Å². The van der Waals surface area contributed by atoms with Gasteiger partial charge < -0.3 is 14.6 Å². The van der Waals surface area contributed by atoms with Crippen LogP contribution in [-0.4, -0.2) is 18.2 Å². The van der Waals surface area contributed by atoms with E-state index in [1.165, 1.54) is 16.9 Å². The molecule has 0 bridgehead atoms. The Balaban J connectivity index is 2.00. The molecule has 0 saturated carbocycles. The van der Waals surface area contributed by atoms with E-state index in [1.54, 1.807) is 7.11 Å². The molecular weight excluding hydrogens is 212 g/mol. The SMILES string of the molecule is COc1ccc(-n2ccc3c2CCNC3)cc1. The zero-order valence-electron chi connectivity index (χ0n) is 9.94. The maximum atomic E-state index is 5.18. The van der Waals surface area contributed by atoms with Crippen molar-refractivity contribution in [3.8, 4) is 11.4 Å². The van der Waals surface area contributed by atoms with Crippen molar-refractivity contribution in [3.05, 3.63) is 47.8 Å². The molecule has 0 saturated heterocycles. The van der Waals surface area contributed by atoms with E-state index in [2.05, 4.69) is 34.3 Å². The first-order chi connectivity index (χ1) is 8.38. The average molecular weight is 228 g/mol. The Morgan fingerprint density at radius 2 is 2.00 bits per heavy atom. The molecule has 2 heterocycles. The zero-order valence-corrected chi connectivity index (χ0v) is 9.94. The molecule has 88 valence electrons. The summed E-state index contributed by atoms with van der Waals surface area (Å²) in [4.78, 5) is 0. The van der Waals surface area contributed by atoms with Gasteiger partial charge in [0, 0.05) is 37.1 Å². The topological polar surface area (TPSA) is 26.2 Å². The first-order valence-electron chi connectivity index (χ1n) is 5.93. The Labute approximate surface area is 101 Å². The van der Waals surface area contributed by atoms with Crippen molar-refractivity contribution in [2.75, 3.05) is 13.7 Å². The summed E-state index contributed by atoms with van der Waals surface area (Å²) in [6, 6.07) is 10.4. The van der Waals surface area contributed by atoms with Crippen LogP contribution in [0.15, 0.2) is 36.5 Å². The fraction of sp³-hybridized carbons (Fsp3) is 0.286. The third-order valence-electron chi connectivity index (χ3n) is 3.29. The van der Waals surface area contributed by atoms with Crippen LogP contribution in [0.3, 0.4) is 0 Å². The zero-order chi connectivity index (χ0) is 11.7. The van der Waals surface area contributed by atoms with E-state index in [0.717, 1.165) is 25.3 Å². The van der Waals surface area contributed by atoms with Gasteiger partial charge in [0.2, 0.25) is 0 Å². The Hall–Kier alpha value is -1.74. The molecule has 1 aliphatic rings. The summed E-state index contributed by atoms with van der Waals surface area (Å²) in [7, 11) is 1.69. The van der Waals surface area contributed by atoms with E-state index in [0.29, 0.717) is 0 Å². The molecule has 1 aromatic heterocycles. The van der Waals surface area contributed by atoms with Gasteiger partial charge in [-0.2, -0.15) is 0 Å². The lowest BCUT2D eigenvalue weighted by molar-refractivity contribution is 0.414. The molecule has 3 nitrogen and oxygen atoms in total. The van der Waals surface area contributed by atoms with Crippen LogP contribution in [0.5, 0.6) is 5.75 Å². The quantitative estimate of drug-likeness (QED) is 0.852. The van der Waals surface area contributed by atoms with E-state index in [1.807, 2.05) is 12.1 Å². The summed E-state index contributed by atoms with van der Waals surface area (Å²) in [6.07, 6.45) is 3.24. The van der Waals surface area contributed by atoms with Gasteiger partial charge in [-0.05, 0) is 35.9 Å². The van der Waals surface area contributed by atoms with Crippen LogP contribution < -0.4 is 10.1 Å². The van der Waals surface area contributed by atoms with Gasteiger partial charge in [0.1, 0.15) is 5.75 Å². The monoisotopic (exact) mass is 228 g/mol. The molecule has 0 amide bonds. The van der Waals surface area contributed by atoms with Crippen molar-refractivity contribution < 1.29 is 4.74 Å². The van der Waals surface area contributed by atoms with Crippen molar-refractivity contribution in [3.63, 3.8) is 0 Å². The Morgan fingerprint density at radius 3 is 2.76 bits per heavy atom. The first kappa shape index (κ1) is 10.4. The number of fused-ring (bicyclic) bond motifs is 1. The number of nitrogens with one attached hydrogen (secondary N) is 1. The van der Waals surface area contributed by atoms with Crippen LogP contribution in [0.2, 0.25) is 0 Å². The Morgan fingerprint density at radius 1 is 1.18 bits per heavy atom. The summed E-state index contributed by atoms with van der Waals surface area (Å²) in [5.41, 5.74) is 4.04. The van der Waals surface area contributed by atoms with Crippen molar-refractivity contribution in [1.29, 1.82) is 0 Å². The highest BCUT2D eigenvalue weighted by atomic mass is 16.5. The lowest BCUT2D eigenvalue weighted by Gasteiger charge is -2.17. The molecule has 0 atom stereocenters.